The molecule has 1 aliphatic rings. The minimum absolute atomic E-state index is 0.467. The van der Waals surface area contributed by atoms with Crippen LogP contribution in [0.5, 0.6) is 0 Å². The van der Waals surface area contributed by atoms with E-state index in [2.05, 4.69) is 15.3 Å². The molecule has 13 heavy (non-hydrogen) atoms. The molecule has 0 amide bonds. The van der Waals surface area contributed by atoms with Crippen LogP contribution in [0, 0.1) is 0 Å². The summed E-state index contributed by atoms with van der Waals surface area (Å²) in [5.41, 5.74) is 6.15. The molecular weight excluding hydrogens is 164 g/mol. The molecule has 4 heteroatoms. The normalized spacial score (nSPS) is 22.9. The molecule has 4 nitrogen and oxygen atoms in total. The third kappa shape index (κ3) is 1.95. The van der Waals surface area contributed by atoms with Gasteiger partial charge < -0.3 is 11.1 Å². The number of nitrogen functional groups attached to an aromatic ring is 1. The van der Waals surface area contributed by atoms with Gasteiger partial charge in [-0.3, -0.25) is 0 Å². The fourth-order valence-electron chi connectivity index (χ4n) is 1.63. The minimum Gasteiger partial charge on any atom is -0.396 e. The maximum Gasteiger partial charge on any atom is 0.132 e. The van der Waals surface area contributed by atoms with E-state index in [1.54, 1.807) is 12.4 Å². The number of nitrogens with zero attached hydrogens (tertiary/aromatic N) is 2. The fourth-order valence-corrected chi connectivity index (χ4v) is 1.63. The van der Waals surface area contributed by atoms with Crippen molar-refractivity contribution in [2.75, 3.05) is 18.8 Å². The molecule has 0 radical (unpaired) electrons. The highest BCUT2D eigenvalue weighted by Crippen LogP contribution is 2.19. The summed E-state index contributed by atoms with van der Waals surface area (Å²) in [6.07, 6.45) is 5.74. The van der Waals surface area contributed by atoms with Gasteiger partial charge in [0.2, 0.25) is 0 Å². The third-order valence-corrected chi connectivity index (χ3v) is 2.35. The molecule has 1 aromatic heterocycles. The SMILES string of the molecule is Nc1cnc(C2CCCNC2)nc1. The van der Waals surface area contributed by atoms with Gasteiger partial charge in [-0.2, -0.15) is 0 Å². The van der Waals surface area contributed by atoms with Crippen LogP contribution in [0.15, 0.2) is 12.4 Å². The zero-order valence-electron chi connectivity index (χ0n) is 7.53. The second-order valence-electron chi connectivity index (χ2n) is 3.42. The molecule has 1 saturated heterocycles. The van der Waals surface area contributed by atoms with Crippen LogP contribution in [-0.4, -0.2) is 23.1 Å². The summed E-state index contributed by atoms with van der Waals surface area (Å²) in [6, 6.07) is 0. The maximum atomic E-state index is 5.52. The molecule has 0 aromatic carbocycles. The van der Waals surface area contributed by atoms with Crippen LogP contribution in [-0.2, 0) is 0 Å². The molecule has 1 aliphatic heterocycles. The van der Waals surface area contributed by atoms with Crippen LogP contribution < -0.4 is 11.1 Å². The zero-order chi connectivity index (χ0) is 9.10. The van der Waals surface area contributed by atoms with Crippen molar-refractivity contribution in [3.63, 3.8) is 0 Å². The Morgan fingerprint density at radius 1 is 1.38 bits per heavy atom. The highest BCUT2D eigenvalue weighted by Gasteiger charge is 2.16. The van der Waals surface area contributed by atoms with Crippen molar-refractivity contribution in [1.29, 1.82) is 0 Å². The van der Waals surface area contributed by atoms with Gasteiger partial charge in [0.05, 0.1) is 18.1 Å². The molecule has 0 spiro atoms. The van der Waals surface area contributed by atoms with Crippen molar-refractivity contribution < 1.29 is 0 Å². The topological polar surface area (TPSA) is 63.8 Å². The molecule has 1 fully saturated rings. The van der Waals surface area contributed by atoms with Crippen LogP contribution in [0.25, 0.3) is 0 Å². The summed E-state index contributed by atoms with van der Waals surface area (Å²) in [7, 11) is 0. The average molecular weight is 178 g/mol. The van der Waals surface area contributed by atoms with Crippen molar-refractivity contribution in [3.8, 4) is 0 Å². The minimum atomic E-state index is 0.467. The van der Waals surface area contributed by atoms with Gasteiger partial charge in [-0.05, 0) is 19.4 Å². The van der Waals surface area contributed by atoms with Crippen molar-refractivity contribution in [3.05, 3.63) is 18.2 Å². The summed E-state index contributed by atoms with van der Waals surface area (Å²) in [6.45, 7) is 2.11. The van der Waals surface area contributed by atoms with Gasteiger partial charge in [0.25, 0.3) is 0 Å². The van der Waals surface area contributed by atoms with E-state index in [4.69, 9.17) is 5.73 Å². The number of anilines is 1. The maximum absolute atomic E-state index is 5.52. The molecule has 0 saturated carbocycles. The van der Waals surface area contributed by atoms with Gasteiger partial charge in [0.1, 0.15) is 5.82 Å². The summed E-state index contributed by atoms with van der Waals surface area (Å²) in [5.74, 6) is 1.38. The first-order valence-electron chi connectivity index (χ1n) is 4.64. The van der Waals surface area contributed by atoms with E-state index in [0.29, 0.717) is 11.6 Å². The van der Waals surface area contributed by atoms with Crippen LogP contribution in [0.3, 0.4) is 0 Å². The average Bonchev–Trinajstić information content (AvgIpc) is 2.20. The summed E-state index contributed by atoms with van der Waals surface area (Å²) in [5, 5.41) is 3.34. The molecule has 1 aromatic rings. The van der Waals surface area contributed by atoms with Gasteiger partial charge >= 0.3 is 0 Å². The predicted octanol–water partition coefficient (Wildman–Crippen LogP) is 0.526. The lowest BCUT2D eigenvalue weighted by atomic mass is 9.99. The largest absolute Gasteiger partial charge is 0.396 e. The van der Waals surface area contributed by atoms with Crippen LogP contribution in [0.4, 0.5) is 5.69 Å². The van der Waals surface area contributed by atoms with Crippen molar-refractivity contribution in [1.82, 2.24) is 15.3 Å². The number of hydrogen-bond donors (Lipinski definition) is 2. The summed E-state index contributed by atoms with van der Waals surface area (Å²) >= 11 is 0. The standard InChI is InChI=1S/C9H14N4/c10-8-5-12-9(13-6-8)7-2-1-3-11-4-7/h5-7,11H,1-4,10H2. The zero-order valence-corrected chi connectivity index (χ0v) is 7.53. The van der Waals surface area contributed by atoms with Gasteiger partial charge in [-0.15, -0.1) is 0 Å². The highest BCUT2D eigenvalue weighted by atomic mass is 14.9. The summed E-state index contributed by atoms with van der Waals surface area (Å²) < 4.78 is 0. The van der Waals surface area contributed by atoms with Crippen LogP contribution in [0.2, 0.25) is 0 Å². The van der Waals surface area contributed by atoms with E-state index in [9.17, 15) is 0 Å². The monoisotopic (exact) mass is 178 g/mol. The number of hydrogen-bond acceptors (Lipinski definition) is 4. The van der Waals surface area contributed by atoms with Gasteiger partial charge in [-0.25, -0.2) is 9.97 Å². The second kappa shape index (κ2) is 3.70. The van der Waals surface area contributed by atoms with Gasteiger partial charge in [0.15, 0.2) is 0 Å². The lowest BCUT2D eigenvalue weighted by Crippen LogP contribution is -2.29. The van der Waals surface area contributed by atoms with Gasteiger partial charge in [0, 0.05) is 12.5 Å². The Morgan fingerprint density at radius 3 is 2.77 bits per heavy atom. The first-order valence-corrected chi connectivity index (χ1v) is 4.64. The molecule has 2 heterocycles. The van der Waals surface area contributed by atoms with Crippen molar-refractivity contribution in [2.24, 2.45) is 0 Å². The Bertz CT molecular complexity index is 263. The van der Waals surface area contributed by atoms with E-state index in [0.717, 1.165) is 18.9 Å². The molecule has 2 rings (SSSR count). The number of nitrogens with one attached hydrogen (secondary N) is 1. The number of nitrogens with two attached hydrogens (primary N) is 1. The van der Waals surface area contributed by atoms with E-state index in [-0.39, 0.29) is 0 Å². The van der Waals surface area contributed by atoms with Crippen LogP contribution >= 0.6 is 0 Å². The lowest BCUT2D eigenvalue weighted by molar-refractivity contribution is 0.446. The molecular formula is C9H14N4. The Morgan fingerprint density at radius 2 is 2.15 bits per heavy atom. The molecule has 0 bridgehead atoms. The number of piperidine rings is 1. The second-order valence-corrected chi connectivity index (χ2v) is 3.42. The number of aromatic nitrogens is 2. The molecule has 1 atom stereocenters. The highest BCUT2D eigenvalue weighted by molar-refractivity contribution is 5.30. The lowest BCUT2D eigenvalue weighted by Gasteiger charge is -2.21. The first-order chi connectivity index (χ1) is 6.36. The number of rotatable bonds is 1. The predicted molar refractivity (Wildman–Crippen MR) is 51.3 cm³/mol. The first kappa shape index (κ1) is 8.44. The third-order valence-electron chi connectivity index (χ3n) is 2.35. The Kier molecular flexibility index (Phi) is 2.40. The smallest absolute Gasteiger partial charge is 0.132 e. The van der Waals surface area contributed by atoms with Crippen LogP contribution in [0.1, 0.15) is 24.6 Å². The van der Waals surface area contributed by atoms with E-state index >= 15 is 0 Å². The Labute approximate surface area is 77.6 Å². The quantitative estimate of drug-likeness (QED) is 0.658. The van der Waals surface area contributed by atoms with E-state index < -0.39 is 0 Å². The fraction of sp³-hybridized carbons (Fsp3) is 0.556. The molecule has 3 N–H and O–H groups in total. The van der Waals surface area contributed by atoms with E-state index in [1.807, 2.05) is 0 Å². The molecule has 1 unspecified atom stereocenters. The Hall–Kier alpha value is -1.16. The summed E-state index contributed by atoms with van der Waals surface area (Å²) in [4.78, 5) is 8.45. The van der Waals surface area contributed by atoms with Gasteiger partial charge in [-0.1, -0.05) is 0 Å². The Balaban J connectivity index is 2.10. The van der Waals surface area contributed by atoms with Crippen molar-refractivity contribution >= 4 is 5.69 Å². The van der Waals surface area contributed by atoms with E-state index in [1.165, 1.54) is 12.8 Å². The molecule has 70 valence electrons. The van der Waals surface area contributed by atoms with Crippen molar-refractivity contribution in [2.45, 2.75) is 18.8 Å². The molecule has 0 aliphatic carbocycles.